The Morgan fingerprint density at radius 3 is 1.91 bits per heavy atom. The zero-order chi connectivity index (χ0) is 25.0. The lowest BCUT2D eigenvalue weighted by molar-refractivity contribution is -0.137. The van der Waals surface area contributed by atoms with Gasteiger partial charge in [-0.25, -0.2) is 0 Å². The zero-order valence-corrected chi connectivity index (χ0v) is 19.4. The molecule has 1 fully saturated rings. The second kappa shape index (κ2) is 14.2. The first kappa shape index (κ1) is 28.0. The molecule has 0 aromatic carbocycles. The molecule has 0 aromatic rings. The van der Waals surface area contributed by atoms with Crippen LogP contribution >= 0.6 is 0 Å². The van der Waals surface area contributed by atoms with E-state index in [9.17, 15) is 33.9 Å². The molecule has 12 heteroatoms. The first-order valence-corrected chi connectivity index (χ1v) is 11.1. The third kappa shape index (κ3) is 10.9. The van der Waals surface area contributed by atoms with E-state index in [2.05, 4.69) is 21.3 Å². The molecule has 2 unspecified atom stereocenters. The van der Waals surface area contributed by atoms with Gasteiger partial charge < -0.3 is 31.3 Å². The quantitative estimate of drug-likeness (QED) is 0.196. The number of amides is 5. The fraction of sp³-hybridized carbons (Fsp3) is 0.714. The van der Waals surface area contributed by atoms with E-state index < -0.39 is 29.9 Å². The molecule has 5 N–H and O–H groups in total. The summed E-state index contributed by atoms with van der Waals surface area (Å²) in [5, 5.41) is 19.6. The summed E-state index contributed by atoms with van der Waals surface area (Å²) in [6.07, 6.45) is 0.184. The minimum absolute atomic E-state index is 0.0607. The molecule has 186 valence electrons. The number of carbonyl (C=O) groups is 6. The number of aliphatic hydroxyl groups excluding tert-OH is 1. The van der Waals surface area contributed by atoms with Crippen LogP contribution in [0, 0.1) is 11.8 Å². The second-order valence-electron chi connectivity index (χ2n) is 8.33. The Balaban J connectivity index is 2.15. The Morgan fingerprint density at radius 2 is 1.42 bits per heavy atom. The van der Waals surface area contributed by atoms with Crippen molar-refractivity contribution in [2.24, 2.45) is 11.8 Å². The van der Waals surface area contributed by atoms with Gasteiger partial charge in [0.1, 0.15) is 12.0 Å². The fourth-order valence-corrected chi connectivity index (χ4v) is 3.23. The van der Waals surface area contributed by atoms with Crippen molar-refractivity contribution in [1.29, 1.82) is 0 Å². The minimum Gasteiger partial charge on any atom is -0.373 e. The van der Waals surface area contributed by atoms with Crippen LogP contribution < -0.4 is 21.3 Å². The van der Waals surface area contributed by atoms with E-state index >= 15 is 0 Å². The highest BCUT2D eigenvalue weighted by Gasteiger charge is 2.39. The van der Waals surface area contributed by atoms with Gasteiger partial charge in [0.05, 0.1) is 19.6 Å². The van der Waals surface area contributed by atoms with Crippen molar-refractivity contribution in [3.05, 3.63) is 0 Å². The minimum atomic E-state index is -0.837. The standard InChI is InChI=1S/C21H35N5O7/c1-13(2)15-9-20(32)26(21(15)33)8-4-5-16(28)23-11-18(30)25-12-19(31)24-10-17(29)22-7-6-14(3)27/h13,15,20,32H,4-12H2,1-3H3,(H,22,29)(H,23,28)(H,24,31)(H,25,30). The van der Waals surface area contributed by atoms with Crippen molar-refractivity contribution in [2.75, 3.05) is 32.7 Å². The summed E-state index contributed by atoms with van der Waals surface area (Å²) in [5.41, 5.74) is 0. The molecule has 0 aliphatic carbocycles. The average Bonchev–Trinajstić information content (AvgIpc) is 3.03. The molecule has 1 saturated heterocycles. The molecule has 1 rings (SSSR count). The summed E-state index contributed by atoms with van der Waals surface area (Å²) in [4.78, 5) is 71.2. The molecule has 0 bridgehead atoms. The number of hydrogen-bond donors (Lipinski definition) is 5. The number of nitrogens with zero attached hydrogens (tertiary/aromatic N) is 1. The smallest absolute Gasteiger partial charge is 0.239 e. The molecule has 0 spiro atoms. The molecule has 0 aromatic heterocycles. The number of carbonyl (C=O) groups excluding carboxylic acids is 6. The van der Waals surface area contributed by atoms with Gasteiger partial charge in [-0.15, -0.1) is 0 Å². The molecule has 12 nitrogen and oxygen atoms in total. The number of likely N-dealkylation sites (tertiary alicyclic amines) is 1. The summed E-state index contributed by atoms with van der Waals surface area (Å²) in [7, 11) is 0. The number of ketones is 1. The summed E-state index contributed by atoms with van der Waals surface area (Å²) < 4.78 is 0. The topological polar surface area (TPSA) is 174 Å². The van der Waals surface area contributed by atoms with Crippen molar-refractivity contribution in [3.8, 4) is 0 Å². The molecule has 5 amide bonds. The van der Waals surface area contributed by atoms with E-state index in [1.54, 1.807) is 0 Å². The van der Waals surface area contributed by atoms with Gasteiger partial charge in [0.2, 0.25) is 29.5 Å². The Kier molecular flexibility index (Phi) is 12.0. The van der Waals surface area contributed by atoms with Crippen LogP contribution in [0.3, 0.4) is 0 Å². The van der Waals surface area contributed by atoms with E-state index in [1.807, 2.05) is 13.8 Å². The van der Waals surface area contributed by atoms with E-state index in [0.29, 0.717) is 12.8 Å². The Morgan fingerprint density at radius 1 is 0.909 bits per heavy atom. The molecule has 33 heavy (non-hydrogen) atoms. The van der Waals surface area contributed by atoms with Crippen molar-refractivity contribution < 1.29 is 33.9 Å². The van der Waals surface area contributed by atoms with Crippen molar-refractivity contribution >= 4 is 35.3 Å². The summed E-state index contributed by atoms with van der Waals surface area (Å²) in [5.74, 6) is -2.24. The van der Waals surface area contributed by atoms with Crippen molar-refractivity contribution in [1.82, 2.24) is 26.2 Å². The van der Waals surface area contributed by atoms with E-state index in [0.717, 1.165) is 0 Å². The maximum absolute atomic E-state index is 12.3. The Hall–Kier alpha value is -3.02. The number of Topliss-reactive ketones (excluding diaryl/α,β-unsaturated/α-hetero) is 1. The van der Waals surface area contributed by atoms with Crippen molar-refractivity contribution in [3.63, 3.8) is 0 Å². The van der Waals surface area contributed by atoms with Gasteiger partial charge in [0.25, 0.3) is 0 Å². The van der Waals surface area contributed by atoms with Crippen LogP contribution in [0.2, 0.25) is 0 Å². The van der Waals surface area contributed by atoms with Crippen LogP contribution in [0.25, 0.3) is 0 Å². The molecule has 1 aliphatic heterocycles. The molecule has 0 radical (unpaired) electrons. The van der Waals surface area contributed by atoms with E-state index in [4.69, 9.17) is 0 Å². The largest absolute Gasteiger partial charge is 0.373 e. The molecule has 1 heterocycles. The van der Waals surface area contributed by atoms with Gasteiger partial charge in [-0.2, -0.15) is 0 Å². The summed E-state index contributed by atoms with van der Waals surface area (Å²) >= 11 is 0. The predicted octanol–water partition coefficient (Wildman–Crippen LogP) is -1.97. The number of rotatable bonds is 14. The highest BCUT2D eigenvalue weighted by molar-refractivity contribution is 5.90. The van der Waals surface area contributed by atoms with Gasteiger partial charge in [-0.3, -0.25) is 28.8 Å². The number of nitrogens with one attached hydrogen (secondary N) is 4. The van der Waals surface area contributed by atoms with Crippen LogP contribution in [0.1, 0.15) is 46.5 Å². The van der Waals surface area contributed by atoms with E-state index in [-0.39, 0.29) is 69.1 Å². The molecular weight excluding hydrogens is 434 g/mol. The fourth-order valence-electron chi connectivity index (χ4n) is 3.23. The normalized spacial score (nSPS) is 17.6. The van der Waals surface area contributed by atoms with Gasteiger partial charge in [0, 0.05) is 38.3 Å². The molecule has 0 saturated carbocycles. The van der Waals surface area contributed by atoms with Crippen LogP contribution in [-0.4, -0.2) is 84.3 Å². The molecule has 2 atom stereocenters. The predicted molar refractivity (Wildman–Crippen MR) is 117 cm³/mol. The van der Waals surface area contributed by atoms with Crippen molar-refractivity contribution in [2.45, 2.75) is 52.7 Å². The lowest BCUT2D eigenvalue weighted by atomic mass is 9.94. The van der Waals surface area contributed by atoms with Gasteiger partial charge in [-0.1, -0.05) is 13.8 Å². The van der Waals surface area contributed by atoms with Crippen LogP contribution in [0.5, 0.6) is 0 Å². The third-order valence-corrected chi connectivity index (χ3v) is 5.17. The molecule has 1 aliphatic rings. The summed E-state index contributed by atoms with van der Waals surface area (Å²) in [6, 6.07) is 0. The van der Waals surface area contributed by atoms with Crippen LogP contribution in [0.15, 0.2) is 0 Å². The second-order valence-corrected chi connectivity index (χ2v) is 8.33. The molecular formula is C21H35N5O7. The van der Waals surface area contributed by atoms with Crippen LogP contribution in [0.4, 0.5) is 0 Å². The van der Waals surface area contributed by atoms with Crippen LogP contribution in [-0.2, 0) is 28.8 Å². The third-order valence-electron chi connectivity index (χ3n) is 5.17. The lowest BCUT2D eigenvalue weighted by Gasteiger charge is -2.20. The van der Waals surface area contributed by atoms with Gasteiger partial charge in [-0.05, 0) is 19.3 Å². The van der Waals surface area contributed by atoms with Gasteiger partial charge >= 0.3 is 0 Å². The maximum atomic E-state index is 12.3. The zero-order valence-electron chi connectivity index (χ0n) is 19.4. The SMILES string of the molecule is CC(=O)CCNC(=O)CNC(=O)CNC(=O)CNC(=O)CCCN1C(=O)C(C(C)C)CC1O. The van der Waals surface area contributed by atoms with Gasteiger partial charge in [0.15, 0.2) is 0 Å². The highest BCUT2D eigenvalue weighted by Crippen LogP contribution is 2.29. The Labute approximate surface area is 193 Å². The first-order valence-electron chi connectivity index (χ1n) is 11.1. The lowest BCUT2D eigenvalue weighted by Crippen LogP contribution is -2.44. The number of hydrogen-bond acceptors (Lipinski definition) is 7. The van der Waals surface area contributed by atoms with E-state index in [1.165, 1.54) is 11.8 Å². The average molecular weight is 470 g/mol. The Bertz CT molecular complexity index is 741. The monoisotopic (exact) mass is 469 g/mol. The maximum Gasteiger partial charge on any atom is 0.239 e. The number of aliphatic hydroxyl groups is 1. The highest BCUT2D eigenvalue weighted by atomic mass is 16.3. The first-order chi connectivity index (χ1) is 15.5. The summed E-state index contributed by atoms with van der Waals surface area (Å²) in [6.45, 7) is 4.74.